The largest absolute Gasteiger partial charge is 0.379 e. The lowest BCUT2D eigenvalue weighted by atomic mass is 10.1. The summed E-state index contributed by atoms with van der Waals surface area (Å²) in [6, 6.07) is 5.49. The van der Waals surface area contributed by atoms with Gasteiger partial charge in [-0.3, -0.25) is 14.5 Å². The number of ether oxygens (including phenoxy) is 1. The number of rotatable bonds is 2. The number of aryl methyl sites for hydroxylation is 2. The molecule has 112 valence electrons. The average Bonchev–Trinajstić information content (AvgIpc) is 2.74. The predicted molar refractivity (Wildman–Crippen MR) is 79.2 cm³/mol. The Morgan fingerprint density at radius 1 is 1.05 bits per heavy atom. The van der Waals surface area contributed by atoms with Crippen molar-refractivity contribution in [2.24, 2.45) is 0 Å². The number of carbonyl (C=O) groups is 2. The Balaban J connectivity index is 1.86. The molecule has 5 heteroatoms. The van der Waals surface area contributed by atoms with Crippen LogP contribution in [-0.2, 0) is 14.3 Å². The SMILES string of the molecule is Cc1cc(C)cc(N2C(=O)C[C@@H](N3CCOCC3)C2=O)c1. The fourth-order valence-corrected chi connectivity index (χ4v) is 3.14. The first-order valence-corrected chi connectivity index (χ1v) is 7.33. The summed E-state index contributed by atoms with van der Waals surface area (Å²) in [5.74, 6) is -0.214. The fraction of sp³-hybridized carbons (Fsp3) is 0.500. The monoisotopic (exact) mass is 288 g/mol. The third-order valence-corrected chi connectivity index (χ3v) is 4.07. The van der Waals surface area contributed by atoms with Crippen molar-refractivity contribution >= 4 is 17.5 Å². The van der Waals surface area contributed by atoms with Gasteiger partial charge in [0.25, 0.3) is 5.91 Å². The maximum absolute atomic E-state index is 12.7. The first kappa shape index (κ1) is 14.2. The lowest BCUT2D eigenvalue weighted by Crippen LogP contribution is -2.47. The quantitative estimate of drug-likeness (QED) is 0.769. The highest BCUT2D eigenvalue weighted by Crippen LogP contribution is 2.27. The van der Waals surface area contributed by atoms with E-state index < -0.39 is 0 Å². The third kappa shape index (κ3) is 2.71. The predicted octanol–water partition coefficient (Wildman–Crippen LogP) is 1.27. The standard InChI is InChI=1S/C16H20N2O3/c1-11-7-12(2)9-13(8-11)18-15(19)10-14(16(18)20)17-3-5-21-6-4-17/h7-9,14H,3-6,10H2,1-2H3/t14-/m1/s1. The second-order valence-corrected chi connectivity index (χ2v) is 5.78. The highest BCUT2D eigenvalue weighted by Gasteiger charge is 2.43. The smallest absolute Gasteiger partial charge is 0.251 e. The maximum atomic E-state index is 12.7. The summed E-state index contributed by atoms with van der Waals surface area (Å²) in [5, 5.41) is 0. The van der Waals surface area contributed by atoms with E-state index in [9.17, 15) is 9.59 Å². The van der Waals surface area contributed by atoms with Crippen LogP contribution in [0.2, 0.25) is 0 Å². The van der Waals surface area contributed by atoms with Crippen LogP contribution in [0.4, 0.5) is 5.69 Å². The van der Waals surface area contributed by atoms with Gasteiger partial charge in [0, 0.05) is 13.1 Å². The Morgan fingerprint density at radius 3 is 2.29 bits per heavy atom. The molecule has 0 unspecified atom stereocenters. The molecule has 0 N–H and O–H groups in total. The van der Waals surface area contributed by atoms with Crippen LogP contribution in [0, 0.1) is 13.8 Å². The zero-order valence-electron chi connectivity index (χ0n) is 12.5. The van der Waals surface area contributed by atoms with Gasteiger partial charge in [-0.25, -0.2) is 4.90 Å². The lowest BCUT2D eigenvalue weighted by Gasteiger charge is -2.30. The molecule has 2 amide bonds. The number of carbonyl (C=O) groups excluding carboxylic acids is 2. The van der Waals surface area contributed by atoms with Gasteiger partial charge in [-0.15, -0.1) is 0 Å². The highest BCUT2D eigenvalue weighted by molar-refractivity contribution is 6.22. The average molecular weight is 288 g/mol. The summed E-state index contributed by atoms with van der Waals surface area (Å²) in [5.41, 5.74) is 2.80. The number of amides is 2. The van der Waals surface area contributed by atoms with E-state index in [1.807, 2.05) is 32.0 Å². The number of hydrogen-bond acceptors (Lipinski definition) is 4. The molecule has 0 aromatic heterocycles. The molecule has 2 heterocycles. The van der Waals surface area contributed by atoms with E-state index in [2.05, 4.69) is 4.90 Å². The number of imide groups is 1. The van der Waals surface area contributed by atoms with Crippen LogP contribution in [-0.4, -0.2) is 49.1 Å². The van der Waals surface area contributed by atoms with Gasteiger partial charge in [0.2, 0.25) is 5.91 Å². The van der Waals surface area contributed by atoms with Crippen LogP contribution >= 0.6 is 0 Å². The van der Waals surface area contributed by atoms with Crippen LogP contribution in [0.3, 0.4) is 0 Å². The number of hydrogen-bond donors (Lipinski definition) is 0. The maximum Gasteiger partial charge on any atom is 0.251 e. The molecular weight excluding hydrogens is 268 g/mol. The number of benzene rings is 1. The minimum absolute atomic E-state index is 0.105. The molecule has 2 fully saturated rings. The Hall–Kier alpha value is -1.72. The second kappa shape index (κ2) is 5.58. The van der Waals surface area contributed by atoms with Crippen LogP contribution in [0.1, 0.15) is 17.5 Å². The fourth-order valence-electron chi connectivity index (χ4n) is 3.14. The molecule has 0 saturated carbocycles. The summed E-state index contributed by atoms with van der Waals surface area (Å²) in [4.78, 5) is 28.4. The Labute approximate surface area is 124 Å². The summed E-state index contributed by atoms with van der Waals surface area (Å²) in [6.45, 7) is 6.62. The minimum Gasteiger partial charge on any atom is -0.379 e. The van der Waals surface area contributed by atoms with E-state index in [0.717, 1.165) is 11.1 Å². The van der Waals surface area contributed by atoms with Gasteiger partial charge >= 0.3 is 0 Å². The van der Waals surface area contributed by atoms with Crippen molar-refractivity contribution in [1.29, 1.82) is 0 Å². The van der Waals surface area contributed by atoms with E-state index >= 15 is 0 Å². The van der Waals surface area contributed by atoms with Gasteiger partial charge in [-0.1, -0.05) is 6.07 Å². The first-order chi connectivity index (χ1) is 10.1. The second-order valence-electron chi connectivity index (χ2n) is 5.78. The molecule has 2 aliphatic heterocycles. The van der Waals surface area contributed by atoms with Crippen molar-refractivity contribution in [2.75, 3.05) is 31.2 Å². The summed E-state index contributed by atoms with van der Waals surface area (Å²) in [7, 11) is 0. The zero-order valence-corrected chi connectivity index (χ0v) is 12.5. The molecule has 0 bridgehead atoms. The molecule has 2 saturated heterocycles. The van der Waals surface area contributed by atoms with E-state index in [-0.39, 0.29) is 24.3 Å². The van der Waals surface area contributed by atoms with Gasteiger partial charge in [0.1, 0.15) is 0 Å². The molecular formula is C16H20N2O3. The topological polar surface area (TPSA) is 49.9 Å². The van der Waals surface area contributed by atoms with Crippen molar-refractivity contribution < 1.29 is 14.3 Å². The Morgan fingerprint density at radius 2 is 1.67 bits per heavy atom. The number of anilines is 1. The van der Waals surface area contributed by atoms with Crippen LogP contribution in [0.25, 0.3) is 0 Å². The van der Waals surface area contributed by atoms with Crippen molar-refractivity contribution in [3.8, 4) is 0 Å². The van der Waals surface area contributed by atoms with Crippen molar-refractivity contribution in [1.82, 2.24) is 4.90 Å². The van der Waals surface area contributed by atoms with Crippen LogP contribution in [0.15, 0.2) is 18.2 Å². The Bertz CT molecular complexity index is 559. The molecule has 2 aliphatic rings. The van der Waals surface area contributed by atoms with Crippen molar-refractivity contribution in [3.63, 3.8) is 0 Å². The number of nitrogens with zero attached hydrogens (tertiary/aromatic N) is 2. The van der Waals surface area contributed by atoms with Gasteiger partial charge in [0.15, 0.2) is 0 Å². The van der Waals surface area contributed by atoms with Gasteiger partial charge in [-0.2, -0.15) is 0 Å². The van der Waals surface area contributed by atoms with Crippen molar-refractivity contribution in [3.05, 3.63) is 29.3 Å². The molecule has 0 radical (unpaired) electrons. The molecule has 0 spiro atoms. The number of morpholine rings is 1. The van der Waals surface area contributed by atoms with Crippen LogP contribution in [0.5, 0.6) is 0 Å². The van der Waals surface area contributed by atoms with Gasteiger partial charge < -0.3 is 4.74 Å². The molecule has 3 rings (SSSR count). The molecule has 1 aromatic carbocycles. The van der Waals surface area contributed by atoms with Gasteiger partial charge in [0.05, 0.1) is 31.4 Å². The molecule has 21 heavy (non-hydrogen) atoms. The molecule has 1 aromatic rings. The highest BCUT2D eigenvalue weighted by atomic mass is 16.5. The van der Waals surface area contributed by atoms with E-state index in [1.165, 1.54) is 4.90 Å². The third-order valence-electron chi connectivity index (χ3n) is 4.07. The summed E-state index contributed by atoms with van der Waals surface area (Å²) >= 11 is 0. The molecule has 0 aliphatic carbocycles. The first-order valence-electron chi connectivity index (χ1n) is 7.33. The van der Waals surface area contributed by atoms with E-state index in [4.69, 9.17) is 4.74 Å². The molecule has 5 nitrogen and oxygen atoms in total. The van der Waals surface area contributed by atoms with E-state index in [1.54, 1.807) is 0 Å². The summed E-state index contributed by atoms with van der Waals surface area (Å²) in [6.07, 6.45) is 0.270. The lowest BCUT2D eigenvalue weighted by molar-refractivity contribution is -0.123. The normalized spacial score (nSPS) is 23.9. The molecule has 1 atom stereocenters. The van der Waals surface area contributed by atoms with Gasteiger partial charge in [-0.05, 0) is 37.1 Å². The Kier molecular flexibility index (Phi) is 3.78. The zero-order chi connectivity index (χ0) is 15.0. The van der Waals surface area contributed by atoms with Crippen molar-refractivity contribution in [2.45, 2.75) is 26.3 Å². The minimum atomic E-state index is -0.331. The van der Waals surface area contributed by atoms with E-state index in [0.29, 0.717) is 32.0 Å². The van der Waals surface area contributed by atoms with Crippen LogP contribution < -0.4 is 4.90 Å². The summed E-state index contributed by atoms with van der Waals surface area (Å²) < 4.78 is 5.31.